The minimum Gasteiger partial charge on any atom is -0.265 e. The van der Waals surface area contributed by atoms with E-state index in [0.717, 1.165) is 24.3 Å². The van der Waals surface area contributed by atoms with Crippen LogP contribution in [0.5, 0.6) is 0 Å². The highest BCUT2D eigenvalue weighted by Gasteiger charge is 2.59. The van der Waals surface area contributed by atoms with Gasteiger partial charge >= 0.3 is 6.18 Å². The second kappa shape index (κ2) is 6.20. The lowest BCUT2D eigenvalue weighted by atomic mass is 9.91. The van der Waals surface area contributed by atoms with Gasteiger partial charge < -0.3 is 0 Å². The summed E-state index contributed by atoms with van der Waals surface area (Å²) >= 11 is 11.7. The molecule has 0 radical (unpaired) electrons. The van der Waals surface area contributed by atoms with Crippen molar-refractivity contribution in [2.24, 2.45) is 0 Å². The number of hydroxylamine groups is 1. The van der Waals surface area contributed by atoms with E-state index in [0.29, 0.717) is 5.56 Å². The van der Waals surface area contributed by atoms with Crippen molar-refractivity contribution in [1.29, 1.82) is 0 Å². The first-order chi connectivity index (χ1) is 11.6. The van der Waals surface area contributed by atoms with E-state index < -0.39 is 17.6 Å². The van der Waals surface area contributed by atoms with Crippen LogP contribution in [-0.4, -0.2) is 6.18 Å². The third-order valence-electron chi connectivity index (χ3n) is 3.86. The van der Waals surface area contributed by atoms with Crippen LogP contribution in [0.15, 0.2) is 42.5 Å². The first kappa shape index (κ1) is 18.0. The summed E-state index contributed by atoms with van der Waals surface area (Å²) in [6.45, 7) is 1.56. The topological polar surface area (TPSA) is 21.3 Å². The number of aryl methyl sites for hydroxylation is 1. The third kappa shape index (κ3) is 3.21. The molecule has 1 unspecified atom stereocenters. The van der Waals surface area contributed by atoms with Gasteiger partial charge in [-0.15, -0.1) is 0 Å². The Morgan fingerprint density at radius 2 is 1.68 bits per heavy atom. The molecule has 0 saturated carbocycles. The molecule has 1 aliphatic heterocycles. The van der Waals surface area contributed by atoms with Gasteiger partial charge in [0.1, 0.15) is 5.82 Å². The highest BCUT2D eigenvalue weighted by atomic mass is 35.5. The number of nitrogens with one attached hydrogen (secondary N) is 1. The van der Waals surface area contributed by atoms with Crippen LogP contribution in [0.4, 0.5) is 17.6 Å². The number of hydrogen-bond donors (Lipinski definition) is 1. The molecule has 25 heavy (non-hydrogen) atoms. The average Bonchev–Trinajstić information content (AvgIpc) is 2.95. The molecule has 1 atom stereocenters. The highest BCUT2D eigenvalue weighted by molar-refractivity contribution is 6.34. The molecule has 0 aliphatic carbocycles. The molecule has 1 N–H and O–H groups in total. The van der Waals surface area contributed by atoms with Crippen LogP contribution in [0.25, 0.3) is 5.70 Å². The van der Waals surface area contributed by atoms with Crippen LogP contribution < -0.4 is 5.48 Å². The van der Waals surface area contributed by atoms with Gasteiger partial charge in [-0.1, -0.05) is 35.3 Å². The fourth-order valence-electron chi connectivity index (χ4n) is 2.51. The van der Waals surface area contributed by atoms with E-state index in [2.05, 4.69) is 5.48 Å². The van der Waals surface area contributed by atoms with E-state index in [1.165, 1.54) is 18.2 Å². The lowest BCUT2D eigenvalue weighted by Crippen LogP contribution is -2.42. The van der Waals surface area contributed by atoms with E-state index in [9.17, 15) is 17.6 Å². The van der Waals surface area contributed by atoms with Crippen LogP contribution >= 0.6 is 23.2 Å². The van der Waals surface area contributed by atoms with Crippen LogP contribution in [0.2, 0.25) is 10.0 Å². The van der Waals surface area contributed by atoms with Crippen molar-refractivity contribution in [3.8, 4) is 0 Å². The van der Waals surface area contributed by atoms with E-state index in [1.54, 1.807) is 6.92 Å². The van der Waals surface area contributed by atoms with Gasteiger partial charge in [0.05, 0.1) is 5.70 Å². The van der Waals surface area contributed by atoms with Crippen molar-refractivity contribution < 1.29 is 22.4 Å². The van der Waals surface area contributed by atoms with Gasteiger partial charge in [-0.2, -0.15) is 13.2 Å². The maximum absolute atomic E-state index is 13.8. The number of hydrogen-bond acceptors (Lipinski definition) is 2. The molecule has 2 aromatic carbocycles. The smallest absolute Gasteiger partial charge is 0.265 e. The van der Waals surface area contributed by atoms with Gasteiger partial charge in [-0.3, -0.25) is 10.3 Å². The number of benzene rings is 2. The SMILES string of the molecule is Cc1ccc(C2=CC(c3cc(Cl)cc(Cl)c3)(C(F)(F)F)ON2)cc1F. The van der Waals surface area contributed by atoms with Gasteiger partial charge in [0.2, 0.25) is 5.60 Å². The number of halogens is 6. The van der Waals surface area contributed by atoms with Crippen molar-refractivity contribution >= 4 is 28.9 Å². The van der Waals surface area contributed by atoms with Gasteiger partial charge in [-0.25, -0.2) is 4.39 Å². The molecular weight excluding hydrogens is 381 g/mol. The lowest BCUT2D eigenvalue weighted by Gasteiger charge is -2.28. The van der Waals surface area contributed by atoms with E-state index in [1.807, 2.05) is 0 Å². The number of alkyl halides is 3. The molecule has 1 heterocycles. The Hall–Kier alpha value is -1.76. The molecule has 0 amide bonds. The Morgan fingerprint density at radius 1 is 1.04 bits per heavy atom. The molecule has 2 nitrogen and oxygen atoms in total. The van der Waals surface area contributed by atoms with Gasteiger partial charge in [0.25, 0.3) is 0 Å². The Kier molecular flexibility index (Phi) is 4.47. The van der Waals surface area contributed by atoms with Crippen LogP contribution in [0.3, 0.4) is 0 Å². The summed E-state index contributed by atoms with van der Waals surface area (Å²) < 4.78 is 55.2. The monoisotopic (exact) mass is 391 g/mol. The van der Waals surface area contributed by atoms with Crippen molar-refractivity contribution in [2.45, 2.75) is 18.7 Å². The lowest BCUT2D eigenvalue weighted by molar-refractivity contribution is -0.269. The molecule has 0 spiro atoms. The largest absolute Gasteiger partial charge is 0.428 e. The molecule has 1 aliphatic rings. The average molecular weight is 392 g/mol. The summed E-state index contributed by atoms with van der Waals surface area (Å²) in [5.74, 6) is -0.532. The minimum absolute atomic E-state index is 0.00711. The zero-order valence-electron chi connectivity index (χ0n) is 12.7. The van der Waals surface area contributed by atoms with Crippen LogP contribution in [-0.2, 0) is 10.4 Å². The van der Waals surface area contributed by atoms with Crippen molar-refractivity contribution in [2.75, 3.05) is 0 Å². The normalized spacial score (nSPS) is 20.4. The summed E-state index contributed by atoms with van der Waals surface area (Å²) in [5.41, 5.74) is -0.237. The summed E-state index contributed by atoms with van der Waals surface area (Å²) in [6.07, 6.45) is -3.96. The van der Waals surface area contributed by atoms with E-state index in [4.69, 9.17) is 28.0 Å². The summed E-state index contributed by atoms with van der Waals surface area (Å²) in [6, 6.07) is 7.67. The molecule has 8 heteroatoms. The Morgan fingerprint density at radius 3 is 2.24 bits per heavy atom. The second-order valence-electron chi connectivity index (χ2n) is 5.62. The van der Waals surface area contributed by atoms with Crippen molar-refractivity contribution in [3.05, 3.63) is 75.0 Å². The highest BCUT2D eigenvalue weighted by Crippen LogP contribution is 2.48. The molecule has 132 valence electrons. The molecule has 0 fully saturated rings. The first-order valence-corrected chi connectivity index (χ1v) is 7.85. The summed E-state index contributed by atoms with van der Waals surface area (Å²) in [4.78, 5) is 4.93. The van der Waals surface area contributed by atoms with Crippen LogP contribution in [0.1, 0.15) is 16.7 Å². The quantitative estimate of drug-likeness (QED) is 0.655. The van der Waals surface area contributed by atoms with E-state index >= 15 is 0 Å². The Labute approximate surface area is 151 Å². The molecule has 3 rings (SSSR count). The maximum atomic E-state index is 13.8. The van der Waals surface area contributed by atoms with Crippen molar-refractivity contribution in [1.82, 2.24) is 5.48 Å². The van der Waals surface area contributed by atoms with Crippen molar-refractivity contribution in [3.63, 3.8) is 0 Å². The fourth-order valence-corrected chi connectivity index (χ4v) is 3.04. The first-order valence-electron chi connectivity index (χ1n) is 7.09. The predicted molar refractivity (Wildman–Crippen MR) is 87.5 cm³/mol. The Bertz CT molecular complexity index is 846. The number of rotatable bonds is 2. The zero-order chi connectivity index (χ0) is 18.4. The fraction of sp³-hybridized carbons (Fsp3) is 0.176. The van der Waals surface area contributed by atoms with Gasteiger partial charge in [0.15, 0.2) is 0 Å². The molecular formula is C17H11Cl2F4NO. The Balaban J connectivity index is 2.15. The minimum atomic E-state index is -4.81. The van der Waals surface area contributed by atoms with Gasteiger partial charge in [-0.05, 0) is 42.8 Å². The molecule has 2 aromatic rings. The maximum Gasteiger partial charge on any atom is 0.428 e. The zero-order valence-corrected chi connectivity index (χ0v) is 14.2. The predicted octanol–water partition coefficient (Wildman–Crippen LogP) is 5.77. The summed E-state index contributed by atoms with van der Waals surface area (Å²) in [7, 11) is 0. The van der Waals surface area contributed by atoms with E-state index in [-0.39, 0.29) is 26.9 Å². The molecule has 0 aromatic heterocycles. The van der Waals surface area contributed by atoms with Crippen LogP contribution in [0, 0.1) is 12.7 Å². The molecule has 0 bridgehead atoms. The third-order valence-corrected chi connectivity index (χ3v) is 4.30. The standard InChI is InChI=1S/C17H11Cl2F4NO/c1-9-2-3-10(4-14(9)20)15-8-16(25-24-15,17(21,22)23)11-5-12(18)7-13(19)6-11/h2-8,24H,1H3. The second-order valence-corrected chi connectivity index (χ2v) is 6.49. The summed E-state index contributed by atoms with van der Waals surface area (Å²) in [5, 5.41) is 0.0795. The molecule has 0 saturated heterocycles. The van der Waals surface area contributed by atoms with Gasteiger partial charge in [0, 0.05) is 21.2 Å².